The Morgan fingerprint density at radius 2 is 2.37 bits per heavy atom. The van der Waals surface area contributed by atoms with Crippen LogP contribution in [0.25, 0.3) is 0 Å². The zero-order valence-corrected chi connectivity index (χ0v) is 12.6. The van der Waals surface area contributed by atoms with E-state index in [9.17, 15) is 4.79 Å². The van der Waals surface area contributed by atoms with E-state index in [-0.39, 0.29) is 11.9 Å². The summed E-state index contributed by atoms with van der Waals surface area (Å²) >= 11 is 3.52. The number of nitrogens with one attached hydrogen (secondary N) is 1. The van der Waals surface area contributed by atoms with E-state index in [1.165, 1.54) is 12.8 Å². The van der Waals surface area contributed by atoms with Crippen LogP contribution < -0.4 is 5.32 Å². The van der Waals surface area contributed by atoms with Crippen molar-refractivity contribution in [3.05, 3.63) is 17.5 Å². The molecule has 1 N–H and O–H groups in total. The Morgan fingerprint density at radius 1 is 1.58 bits per heavy atom. The van der Waals surface area contributed by atoms with E-state index < -0.39 is 0 Å². The van der Waals surface area contributed by atoms with Gasteiger partial charge in [0.2, 0.25) is 0 Å². The van der Waals surface area contributed by atoms with Crippen LogP contribution in [0.4, 0.5) is 0 Å². The van der Waals surface area contributed by atoms with Crippen molar-refractivity contribution in [1.82, 2.24) is 10.5 Å². The van der Waals surface area contributed by atoms with Gasteiger partial charge >= 0.3 is 0 Å². The highest BCUT2D eigenvalue weighted by atomic mass is 79.9. The summed E-state index contributed by atoms with van der Waals surface area (Å²) < 4.78 is 9.96. The van der Waals surface area contributed by atoms with Crippen LogP contribution >= 0.6 is 15.9 Å². The van der Waals surface area contributed by atoms with Gasteiger partial charge in [-0.1, -0.05) is 33.9 Å². The lowest BCUT2D eigenvalue weighted by Crippen LogP contribution is -2.42. The Morgan fingerprint density at radius 3 is 3.11 bits per heavy atom. The lowest BCUT2D eigenvalue weighted by Gasteiger charge is -2.30. The molecule has 106 valence electrons. The lowest BCUT2D eigenvalue weighted by atomic mass is 9.86. The van der Waals surface area contributed by atoms with Crippen LogP contribution in [-0.4, -0.2) is 29.5 Å². The number of nitrogens with zero attached hydrogens (tertiary/aromatic N) is 1. The van der Waals surface area contributed by atoms with Gasteiger partial charge in [0.1, 0.15) is 6.61 Å². The molecule has 1 aromatic rings. The first kappa shape index (κ1) is 14.5. The number of alkyl halides is 1. The highest BCUT2D eigenvalue weighted by molar-refractivity contribution is 9.09. The molecule has 0 spiro atoms. The second-order valence-corrected chi connectivity index (χ2v) is 5.54. The molecule has 2 atom stereocenters. The number of ether oxygens (including phenoxy) is 1. The second-order valence-electron chi connectivity index (χ2n) is 4.89. The van der Waals surface area contributed by atoms with Gasteiger partial charge in [-0.25, -0.2) is 0 Å². The number of rotatable bonds is 5. The molecule has 5 nitrogen and oxygen atoms in total. The highest BCUT2D eigenvalue weighted by Crippen LogP contribution is 2.26. The molecule has 1 aliphatic rings. The molecule has 1 amide bonds. The van der Waals surface area contributed by atoms with Gasteiger partial charge in [-0.3, -0.25) is 4.79 Å². The fraction of sp³-hybridized carbons (Fsp3) is 0.692. The van der Waals surface area contributed by atoms with Crippen molar-refractivity contribution in [2.45, 2.75) is 38.3 Å². The first-order valence-corrected chi connectivity index (χ1v) is 7.68. The Kier molecular flexibility index (Phi) is 5.39. The van der Waals surface area contributed by atoms with E-state index in [1.807, 2.05) is 0 Å². The summed E-state index contributed by atoms with van der Waals surface area (Å²) in [6.45, 7) is 0.327. The number of carbonyl (C=O) groups excluding carboxylic acids is 1. The maximum Gasteiger partial charge on any atom is 0.273 e. The molecular weight excluding hydrogens is 312 g/mol. The first-order valence-electron chi connectivity index (χ1n) is 6.56. The molecule has 2 rings (SSSR count). The summed E-state index contributed by atoms with van der Waals surface area (Å²) in [6.07, 6.45) is 4.60. The Balaban J connectivity index is 1.95. The third-order valence-electron chi connectivity index (χ3n) is 3.50. The number of methoxy groups -OCH3 is 1. The van der Waals surface area contributed by atoms with E-state index >= 15 is 0 Å². The average molecular weight is 331 g/mol. The molecule has 2 unspecified atom stereocenters. The molecule has 0 radical (unpaired) electrons. The molecule has 6 heteroatoms. The van der Waals surface area contributed by atoms with Crippen LogP contribution in [0.1, 0.15) is 41.9 Å². The molecule has 1 aliphatic carbocycles. The van der Waals surface area contributed by atoms with Gasteiger partial charge in [0.15, 0.2) is 11.5 Å². The number of hydrogen-bond donors (Lipinski definition) is 1. The van der Waals surface area contributed by atoms with Gasteiger partial charge in [0, 0.05) is 24.5 Å². The largest absolute Gasteiger partial charge is 0.377 e. The minimum absolute atomic E-state index is 0.163. The summed E-state index contributed by atoms with van der Waals surface area (Å²) in [4.78, 5) is 12.1. The number of hydrogen-bond acceptors (Lipinski definition) is 4. The predicted octanol–water partition coefficient (Wildman–Crippen LogP) is 2.50. The quantitative estimate of drug-likeness (QED) is 0.842. The van der Waals surface area contributed by atoms with Gasteiger partial charge in [0.25, 0.3) is 5.91 Å². The third-order valence-corrected chi connectivity index (χ3v) is 4.33. The van der Waals surface area contributed by atoms with Gasteiger partial charge in [-0.15, -0.1) is 0 Å². The van der Waals surface area contributed by atoms with Crippen molar-refractivity contribution < 1.29 is 14.1 Å². The minimum atomic E-state index is -0.163. The van der Waals surface area contributed by atoms with E-state index in [2.05, 4.69) is 26.4 Å². The summed E-state index contributed by atoms with van der Waals surface area (Å²) in [7, 11) is 1.57. The fourth-order valence-corrected chi connectivity index (χ4v) is 3.23. The monoisotopic (exact) mass is 330 g/mol. The van der Waals surface area contributed by atoms with Crippen LogP contribution in [0.2, 0.25) is 0 Å². The molecule has 0 saturated heterocycles. The van der Waals surface area contributed by atoms with Gasteiger partial charge < -0.3 is 14.6 Å². The van der Waals surface area contributed by atoms with Gasteiger partial charge in [-0.05, 0) is 18.8 Å². The van der Waals surface area contributed by atoms with Crippen molar-refractivity contribution in [3.63, 3.8) is 0 Å². The predicted molar refractivity (Wildman–Crippen MR) is 74.2 cm³/mol. The number of carbonyl (C=O) groups is 1. The smallest absolute Gasteiger partial charge is 0.273 e. The van der Waals surface area contributed by atoms with Crippen LogP contribution in [0.5, 0.6) is 0 Å². The molecule has 0 aromatic carbocycles. The van der Waals surface area contributed by atoms with E-state index in [1.54, 1.807) is 13.2 Å². The standard InChI is InChI=1S/C13H19BrN2O3/c1-18-8-10-6-12(16-19-10)13(17)15-11-5-3-2-4-9(11)7-14/h6,9,11H,2-5,7-8H2,1H3,(H,15,17). The van der Waals surface area contributed by atoms with Crippen LogP contribution in [-0.2, 0) is 11.3 Å². The van der Waals surface area contributed by atoms with E-state index in [4.69, 9.17) is 9.26 Å². The Bertz CT molecular complexity index is 422. The van der Waals surface area contributed by atoms with Gasteiger partial charge in [0.05, 0.1) is 0 Å². The third kappa shape index (κ3) is 3.79. The van der Waals surface area contributed by atoms with Crippen LogP contribution in [0.15, 0.2) is 10.6 Å². The molecule has 1 aromatic heterocycles. The van der Waals surface area contributed by atoms with Crippen LogP contribution in [0.3, 0.4) is 0 Å². The molecule has 1 saturated carbocycles. The van der Waals surface area contributed by atoms with Crippen molar-refractivity contribution >= 4 is 21.8 Å². The maximum atomic E-state index is 12.1. The summed E-state index contributed by atoms with van der Waals surface area (Å²) in [5.74, 6) is 0.903. The second kappa shape index (κ2) is 7.05. The lowest BCUT2D eigenvalue weighted by molar-refractivity contribution is 0.0901. The maximum absolute atomic E-state index is 12.1. The zero-order chi connectivity index (χ0) is 13.7. The van der Waals surface area contributed by atoms with Crippen molar-refractivity contribution in [2.24, 2.45) is 5.92 Å². The average Bonchev–Trinajstić information content (AvgIpc) is 2.88. The van der Waals surface area contributed by atoms with Crippen LogP contribution in [0, 0.1) is 5.92 Å². The number of amides is 1. The molecule has 0 bridgehead atoms. The molecule has 1 heterocycles. The molecular formula is C13H19BrN2O3. The normalized spacial score (nSPS) is 23.3. The van der Waals surface area contributed by atoms with E-state index in [0.29, 0.717) is 24.0 Å². The SMILES string of the molecule is COCc1cc(C(=O)NC2CCCCC2CBr)no1. The molecule has 1 fully saturated rings. The Hall–Kier alpha value is -0.880. The van der Waals surface area contributed by atoms with Crippen molar-refractivity contribution in [3.8, 4) is 0 Å². The summed E-state index contributed by atoms with van der Waals surface area (Å²) in [6, 6.07) is 1.85. The highest BCUT2D eigenvalue weighted by Gasteiger charge is 2.26. The first-order chi connectivity index (χ1) is 9.24. The van der Waals surface area contributed by atoms with Crippen molar-refractivity contribution in [2.75, 3.05) is 12.4 Å². The number of halogens is 1. The molecule has 19 heavy (non-hydrogen) atoms. The van der Waals surface area contributed by atoms with Gasteiger partial charge in [-0.2, -0.15) is 0 Å². The summed E-state index contributed by atoms with van der Waals surface area (Å²) in [5, 5.41) is 7.75. The number of aromatic nitrogens is 1. The summed E-state index contributed by atoms with van der Waals surface area (Å²) in [5.41, 5.74) is 0.325. The fourth-order valence-electron chi connectivity index (χ4n) is 2.45. The minimum Gasteiger partial charge on any atom is -0.377 e. The van der Waals surface area contributed by atoms with Crippen molar-refractivity contribution in [1.29, 1.82) is 0 Å². The Labute approximate surface area is 121 Å². The zero-order valence-electron chi connectivity index (χ0n) is 11.0. The molecule has 0 aliphatic heterocycles. The topological polar surface area (TPSA) is 64.4 Å². The van der Waals surface area contributed by atoms with E-state index in [0.717, 1.165) is 18.2 Å².